The van der Waals surface area contributed by atoms with Gasteiger partial charge in [-0.2, -0.15) is 0 Å². The van der Waals surface area contributed by atoms with Gasteiger partial charge < -0.3 is 14.4 Å². The quantitative estimate of drug-likeness (QED) is 0.844. The summed E-state index contributed by atoms with van der Waals surface area (Å²) in [5, 5.41) is 8.93. The average molecular weight is 334 g/mol. The number of hydrogen-bond acceptors (Lipinski definition) is 4. The SMILES string of the molecule is CN(C)C(=O)N1CCC[C@H](c2nnc(CN3CCCCC3)n2C)C1. The lowest BCUT2D eigenvalue weighted by atomic mass is 9.97. The van der Waals surface area contributed by atoms with Crippen LogP contribution in [0.25, 0.3) is 0 Å². The third kappa shape index (κ3) is 3.71. The Morgan fingerprint density at radius 2 is 1.88 bits per heavy atom. The smallest absolute Gasteiger partial charge is 0.319 e. The second-order valence-corrected chi connectivity index (χ2v) is 7.33. The Labute approximate surface area is 144 Å². The van der Waals surface area contributed by atoms with E-state index in [1.54, 1.807) is 4.90 Å². The first kappa shape index (κ1) is 17.2. The number of piperidine rings is 2. The van der Waals surface area contributed by atoms with Gasteiger partial charge in [-0.1, -0.05) is 6.42 Å². The normalized spacial score (nSPS) is 22.6. The molecule has 2 amide bonds. The van der Waals surface area contributed by atoms with Gasteiger partial charge in [-0.05, 0) is 38.8 Å². The standard InChI is InChI=1S/C17H30N6O/c1-20(2)17(24)23-11-7-8-14(12-23)16-19-18-15(21(16)3)13-22-9-5-4-6-10-22/h14H,4-13H2,1-3H3/t14-/m0/s1. The van der Waals surface area contributed by atoms with Crippen LogP contribution in [0.1, 0.15) is 49.7 Å². The van der Waals surface area contributed by atoms with Gasteiger partial charge in [0.1, 0.15) is 11.6 Å². The Kier molecular flexibility index (Phi) is 5.38. The van der Waals surface area contributed by atoms with Gasteiger partial charge in [-0.25, -0.2) is 4.79 Å². The van der Waals surface area contributed by atoms with E-state index in [4.69, 9.17) is 0 Å². The Bertz CT molecular complexity index is 563. The number of likely N-dealkylation sites (tertiary alicyclic amines) is 2. The fraction of sp³-hybridized carbons (Fsp3) is 0.824. The van der Waals surface area contributed by atoms with E-state index in [0.29, 0.717) is 0 Å². The molecule has 24 heavy (non-hydrogen) atoms. The molecule has 2 fully saturated rings. The minimum absolute atomic E-state index is 0.0930. The first-order valence-electron chi connectivity index (χ1n) is 9.13. The molecular weight excluding hydrogens is 304 g/mol. The lowest BCUT2D eigenvalue weighted by molar-refractivity contribution is 0.153. The Morgan fingerprint density at radius 1 is 1.12 bits per heavy atom. The Balaban J connectivity index is 1.67. The van der Waals surface area contributed by atoms with E-state index in [1.165, 1.54) is 19.3 Å². The number of aromatic nitrogens is 3. The number of carbonyl (C=O) groups is 1. The maximum absolute atomic E-state index is 12.2. The van der Waals surface area contributed by atoms with Crippen LogP contribution in [0.15, 0.2) is 0 Å². The molecule has 0 saturated carbocycles. The molecule has 0 bridgehead atoms. The highest BCUT2D eigenvalue weighted by Crippen LogP contribution is 2.26. The van der Waals surface area contributed by atoms with E-state index in [2.05, 4.69) is 26.7 Å². The molecule has 3 heterocycles. The zero-order valence-corrected chi connectivity index (χ0v) is 15.2. The summed E-state index contributed by atoms with van der Waals surface area (Å²) in [6.45, 7) is 4.79. The van der Waals surface area contributed by atoms with Crippen molar-refractivity contribution in [3.63, 3.8) is 0 Å². The van der Waals surface area contributed by atoms with Gasteiger partial charge in [0.2, 0.25) is 0 Å². The van der Waals surface area contributed by atoms with Crippen molar-refractivity contribution in [2.24, 2.45) is 7.05 Å². The summed E-state index contributed by atoms with van der Waals surface area (Å²) < 4.78 is 2.16. The molecule has 2 aliphatic heterocycles. The largest absolute Gasteiger partial charge is 0.331 e. The molecule has 1 aromatic rings. The van der Waals surface area contributed by atoms with Crippen LogP contribution in [-0.4, -0.2) is 75.8 Å². The molecule has 0 aromatic carbocycles. The Morgan fingerprint density at radius 3 is 2.58 bits per heavy atom. The topological polar surface area (TPSA) is 57.5 Å². The summed E-state index contributed by atoms with van der Waals surface area (Å²) in [7, 11) is 5.69. The van der Waals surface area contributed by atoms with Crippen molar-refractivity contribution < 1.29 is 4.79 Å². The summed E-state index contributed by atoms with van der Waals surface area (Å²) in [6.07, 6.45) is 6.02. The van der Waals surface area contributed by atoms with Crippen LogP contribution in [0.4, 0.5) is 4.79 Å². The molecule has 0 aliphatic carbocycles. The monoisotopic (exact) mass is 334 g/mol. The molecule has 1 aromatic heterocycles. The van der Waals surface area contributed by atoms with Crippen LogP contribution in [0, 0.1) is 0 Å². The van der Waals surface area contributed by atoms with E-state index in [0.717, 1.165) is 57.2 Å². The van der Waals surface area contributed by atoms with Crippen LogP contribution in [-0.2, 0) is 13.6 Å². The summed E-state index contributed by atoms with van der Waals surface area (Å²) in [5.74, 6) is 2.36. The number of carbonyl (C=O) groups excluding carboxylic acids is 1. The molecule has 134 valence electrons. The number of urea groups is 1. The minimum atomic E-state index is 0.0930. The van der Waals surface area contributed by atoms with Crippen molar-refractivity contribution in [1.29, 1.82) is 0 Å². The zero-order chi connectivity index (χ0) is 17.1. The molecular formula is C17H30N6O. The van der Waals surface area contributed by atoms with Crippen LogP contribution in [0.3, 0.4) is 0 Å². The zero-order valence-electron chi connectivity index (χ0n) is 15.2. The molecule has 1 atom stereocenters. The molecule has 7 nitrogen and oxygen atoms in total. The van der Waals surface area contributed by atoms with Gasteiger partial charge in [0.25, 0.3) is 0 Å². The van der Waals surface area contributed by atoms with Crippen molar-refractivity contribution in [2.45, 2.75) is 44.6 Å². The average Bonchev–Trinajstić information content (AvgIpc) is 2.96. The summed E-state index contributed by atoms with van der Waals surface area (Å²) in [4.78, 5) is 18.3. The van der Waals surface area contributed by atoms with Crippen molar-refractivity contribution in [3.05, 3.63) is 11.6 Å². The van der Waals surface area contributed by atoms with Crippen LogP contribution in [0.2, 0.25) is 0 Å². The highest BCUT2D eigenvalue weighted by atomic mass is 16.2. The van der Waals surface area contributed by atoms with Gasteiger partial charge in [0, 0.05) is 40.2 Å². The third-order valence-electron chi connectivity index (χ3n) is 5.25. The van der Waals surface area contributed by atoms with E-state index >= 15 is 0 Å². The van der Waals surface area contributed by atoms with Crippen LogP contribution < -0.4 is 0 Å². The van der Waals surface area contributed by atoms with E-state index in [-0.39, 0.29) is 11.9 Å². The number of nitrogens with zero attached hydrogens (tertiary/aromatic N) is 6. The predicted molar refractivity (Wildman–Crippen MR) is 92.8 cm³/mol. The van der Waals surface area contributed by atoms with Gasteiger partial charge in [-0.15, -0.1) is 10.2 Å². The first-order chi connectivity index (χ1) is 11.6. The second-order valence-electron chi connectivity index (χ2n) is 7.33. The van der Waals surface area contributed by atoms with Gasteiger partial charge in [-0.3, -0.25) is 4.90 Å². The summed E-state index contributed by atoms with van der Waals surface area (Å²) in [5.41, 5.74) is 0. The van der Waals surface area contributed by atoms with Gasteiger partial charge >= 0.3 is 6.03 Å². The number of amides is 2. The van der Waals surface area contributed by atoms with E-state index < -0.39 is 0 Å². The van der Waals surface area contributed by atoms with Crippen molar-refractivity contribution in [1.82, 2.24) is 29.5 Å². The summed E-state index contributed by atoms with van der Waals surface area (Å²) >= 11 is 0. The maximum atomic E-state index is 12.2. The minimum Gasteiger partial charge on any atom is -0.331 e. The number of hydrogen-bond donors (Lipinski definition) is 0. The third-order valence-corrected chi connectivity index (χ3v) is 5.25. The molecule has 7 heteroatoms. The number of rotatable bonds is 3. The highest BCUT2D eigenvalue weighted by molar-refractivity contribution is 5.74. The summed E-state index contributed by atoms with van der Waals surface area (Å²) in [6, 6.07) is 0.0930. The lowest BCUT2D eigenvalue weighted by Crippen LogP contribution is -2.44. The lowest BCUT2D eigenvalue weighted by Gasteiger charge is -2.34. The molecule has 0 N–H and O–H groups in total. The second kappa shape index (κ2) is 7.51. The molecule has 2 aliphatic rings. The van der Waals surface area contributed by atoms with Gasteiger partial charge in [0.05, 0.1) is 6.54 Å². The Hall–Kier alpha value is -1.63. The molecule has 0 unspecified atom stereocenters. The van der Waals surface area contributed by atoms with Crippen LogP contribution in [0.5, 0.6) is 0 Å². The van der Waals surface area contributed by atoms with Crippen molar-refractivity contribution in [3.8, 4) is 0 Å². The van der Waals surface area contributed by atoms with Crippen molar-refractivity contribution in [2.75, 3.05) is 40.3 Å². The van der Waals surface area contributed by atoms with Gasteiger partial charge in [0.15, 0.2) is 0 Å². The molecule has 0 radical (unpaired) electrons. The predicted octanol–water partition coefficient (Wildman–Crippen LogP) is 1.66. The fourth-order valence-electron chi connectivity index (χ4n) is 3.83. The van der Waals surface area contributed by atoms with E-state index in [1.807, 2.05) is 19.0 Å². The highest BCUT2D eigenvalue weighted by Gasteiger charge is 2.29. The van der Waals surface area contributed by atoms with E-state index in [9.17, 15) is 4.79 Å². The fourth-order valence-corrected chi connectivity index (χ4v) is 3.83. The van der Waals surface area contributed by atoms with Crippen LogP contribution >= 0.6 is 0 Å². The first-order valence-corrected chi connectivity index (χ1v) is 9.13. The molecule has 2 saturated heterocycles. The molecule has 0 spiro atoms. The molecule has 3 rings (SSSR count). The van der Waals surface area contributed by atoms with Crippen molar-refractivity contribution >= 4 is 6.03 Å². The maximum Gasteiger partial charge on any atom is 0.319 e.